The van der Waals surface area contributed by atoms with Crippen LogP contribution in [0.15, 0.2) is 24.3 Å². The largest absolute Gasteiger partial charge is 0.476 e. The van der Waals surface area contributed by atoms with Crippen LogP contribution in [0.25, 0.3) is 10.9 Å². The molecular formula is C11H9N3O3. The molecule has 0 fully saturated rings. The van der Waals surface area contributed by atoms with Gasteiger partial charge < -0.3 is 10.4 Å². The van der Waals surface area contributed by atoms with Gasteiger partial charge in [-0.1, -0.05) is 18.2 Å². The van der Waals surface area contributed by atoms with Crippen molar-refractivity contribution in [2.45, 2.75) is 6.92 Å². The van der Waals surface area contributed by atoms with E-state index >= 15 is 0 Å². The van der Waals surface area contributed by atoms with E-state index in [-0.39, 0.29) is 17.3 Å². The highest BCUT2D eigenvalue weighted by Crippen LogP contribution is 2.24. The molecule has 0 radical (unpaired) electrons. The molecule has 1 heterocycles. The number of hydrogen-bond donors (Lipinski definition) is 2. The number of amides is 1. The smallest absolute Gasteiger partial charge is 0.358 e. The number of carboxylic acid groups (broad SMARTS) is 1. The lowest BCUT2D eigenvalue weighted by Crippen LogP contribution is -2.13. The van der Waals surface area contributed by atoms with Crippen molar-refractivity contribution < 1.29 is 14.7 Å². The molecule has 1 amide bonds. The van der Waals surface area contributed by atoms with E-state index in [1.807, 2.05) is 0 Å². The maximum absolute atomic E-state index is 11.1. The number of nitrogens with zero attached hydrogens (tertiary/aromatic N) is 2. The first-order chi connectivity index (χ1) is 8.09. The zero-order valence-corrected chi connectivity index (χ0v) is 8.97. The number of rotatable bonds is 2. The summed E-state index contributed by atoms with van der Waals surface area (Å²) in [4.78, 5) is 22.1. The Balaban J connectivity index is 2.74. The second kappa shape index (κ2) is 4.17. The molecule has 2 N–H and O–H groups in total. The quantitative estimate of drug-likeness (QED) is 0.812. The van der Waals surface area contributed by atoms with E-state index in [2.05, 4.69) is 15.5 Å². The molecule has 0 unspecified atom stereocenters. The van der Waals surface area contributed by atoms with Crippen molar-refractivity contribution in [2.24, 2.45) is 0 Å². The number of hydrogen-bond acceptors (Lipinski definition) is 4. The van der Waals surface area contributed by atoms with Crippen LogP contribution in [-0.4, -0.2) is 27.2 Å². The van der Waals surface area contributed by atoms with Crippen LogP contribution in [-0.2, 0) is 4.79 Å². The van der Waals surface area contributed by atoms with Crippen molar-refractivity contribution in [2.75, 3.05) is 5.32 Å². The van der Waals surface area contributed by atoms with Crippen LogP contribution in [0, 0.1) is 0 Å². The van der Waals surface area contributed by atoms with E-state index in [0.29, 0.717) is 10.9 Å². The summed E-state index contributed by atoms with van der Waals surface area (Å²) in [5, 5.41) is 19.4. The maximum atomic E-state index is 11.1. The second-order valence-electron chi connectivity index (χ2n) is 3.43. The van der Waals surface area contributed by atoms with Crippen LogP contribution < -0.4 is 5.32 Å². The zero-order valence-electron chi connectivity index (χ0n) is 8.97. The van der Waals surface area contributed by atoms with Gasteiger partial charge in [0.1, 0.15) is 0 Å². The third-order valence-electron chi connectivity index (χ3n) is 2.17. The Morgan fingerprint density at radius 3 is 2.59 bits per heavy atom. The molecule has 6 nitrogen and oxygen atoms in total. The highest BCUT2D eigenvalue weighted by atomic mass is 16.4. The SMILES string of the molecule is CC(=O)Nc1c(C(=O)O)nnc2ccccc12. The Morgan fingerprint density at radius 1 is 1.24 bits per heavy atom. The highest BCUT2D eigenvalue weighted by molar-refractivity contribution is 6.07. The Bertz CT molecular complexity index is 610. The van der Waals surface area contributed by atoms with Crippen LogP contribution in [0.2, 0.25) is 0 Å². The minimum absolute atomic E-state index is 0.176. The summed E-state index contributed by atoms with van der Waals surface area (Å²) in [6, 6.07) is 6.87. The lowest BCUT2D eigenvalue weighted by molar-refractivity contribution is -0.114. The molecule has 0 spiro atoms. The number of carbonyl (C=O) groups is 2. The van der Waals surface area contributed by atoms with E-state index in [0.717, 1.165) is 0 Å². The first-order valence-electron chi connectivity index (χ1n) is 4.86. The van der Waals surface area contributed by atoms with Crippen molar-refractivity contribution >= 4 is 28.5 Å². The lowest BCUT2D eigenvalue weighted by atomic mass is 10.1. The number of benzene rings is 1. The molecule has 2 rings (SSSR count). The topological polar surface area (TPSA) is 92.2 Å². The van der Waals surface area contributed by atoms with Gasteiger partial charge in [-0.05, 0) is 6.07 Å². The Kier molecular flexibility index (Phi) is 2.70. The molecule has 0 aliphatic rings. The standard InChI is InChI=1S/C11H9N3O3/c1-6(15)12-9-7-4-2-3-5-8(7)13-14-10(9)11(16)17/h2-5H,1H3,(H,16,17)(H,12,13,15). The summed E-state index contributed by atoms with van der Waals surface area (Å²) < 4.78 is 0. The van der Waals surface area contributed by atoms with Gasteiger partial charge in [-0.2, -0.15) is 0 Å². The molecule has 0 saturated heterocycles. The molecule has 2 aromatic rings. The van der Waals surface area contributed by atoms with E-state index in [1.54, 1.807) is 24.3 Å². The van der Waals surface area contributed by atoms with Gasteiger partial charge in [0.05, 0.1) is 11.2 Å². The molecular weight excluding hydrogens is 222 g/mol. The third-order valence-corrected chi connectivity index (χ3v) is 2.17. The number of carbonyl (C=O) groups excluding carboxylic acids is 1. The van der Waals surface area contributed by atoms with E-state index in [1.165, 1.54) is 6.92 Å². The van der Waals surface area contributed by atoms with Gasteiger partial charge in [-0.25, -0.2) is 4.79 Å². The van der Waals surface area contributed by atoms with E-state index in [9.17, 15) is 9.59 Å². The third kappa shape index (κ3) is 2.05. The number of nitrogens with one attached hydrogen (secondary N) is 1. The first kappa shape index (κ1) is 11.0. The first-order valence-corrected chi connectivity index (χ1v) is 4.86. The average molecular weight is 231 g/mol. The molecule has 0 aliphatic heterocycles. The summed E-state index contributed by atoms with van der Waals surface area (Å²) in [6.07, 6.45) is 0. The fourth-order valence-electron chi connectivity index (χ4n) is 1.51. The van der Waals surface area contributed by atoms with Crippen LogP contribution in [0.3, 0.4) is 0 Å². The van der Waals surface area contributed by atoms with Crippen molar-refractivity contribution in [1.29, 1.82) is 0 Å². The van der Waals surface area contributed by atoms with Gasteiger partial charge in [0, 0.05) is 12.3 Å². The summed E-state index contributed by atoms with van der Waals surface area (Å²) >= 11 is 0. The number of aromatic carboxylic acids is 1. The molecule has 1 aromatic heterocycles. The molecule has 17 heavy (non-hydrogen) atoms. The van der Waals surface area contributed by atoms with Crippen LogP contribution in [0.1, 0.15) is 17.4 Å². The molecule has 0 bridgehead atoms. The van der Waals surface area contributed by atoms with Crippen molar-refractivity contribution in [3.05, 3.63) is 30.0 Å². The predicted octanol–water partition coefficient (Wildman–Crippen LogP) is 1.29. The maximum Gasteiger partial charge on any atom is 0.358 e. The Labute approximate surface area is 96.3 Å². The van der Waals surface area contributed by atoms with Crippen molar-refractivity contribution in [3.8, 4) is 0 Å². The normalized spacial score (nSPS) is 10.2. The lowest BCUT2D eigenvalue weighted by Gasteiger charge is -2.08. The predicted molar refractivity (Wildman–Crippen MR) is 60.8 cm³/mol. The molecule has 6 heteroatoms. The summed E-state index contributed by atoms with van der Waals surface area (Å²) in [5.74, 6) is -1.59. The van der Waals surface area contributed by atoms with E-state index in [4.69, 9.17) is 5.11 Å². The van der Waals surface area contributed by atoms with Gasteiger partial charge in [0.25, 0.3) is 0 Å². The number of aromatic nitrogens is 2. The monoisotopic (exact) mass is 231 g/mol. The van der Waals surface area contributed by atoms with Gasteiger partial charge in [-0.15, -0.1) is 10.2 Å². The van der Waals surface area contributed by atoms with Crippen molar-refractivity contribution in [1.82, 2.24) is 10.2 Å². The number of fused-ring (bicyclic) bond motifs is 1. The molecule has 0 saturated carbocycles. The van der Waals surface area contributed by atoms with Crippen LogP contribution in [0.5, 0.6) is 0 Å². The summed E-state index contributed by atoms with van der Waals surface area (Å²) in [6.45, 7) is 1.31. The minimum atomic E-state index is -1.23. The summed E-state index contributed by atoms with van der Waals surface area (Å²) in [7, 11) is 0. The zero-order chi connectivity index (χ0) is 12.4. The molecule has 0 atom stereocenters. The van der Waals surface area contributed by atoms with Crippen molar-refractivity contribution in [3.63, 3.8) is 0 Å². The fraction of sp³-hybridized carbons (Fsp3) is 0.0909. The minimum Gasteiger partial charge on any atom is -0.476 e. The Hall–Kier alpha value is -2.50. The molecule has 0 aliphatic carbocycles. The highest BCUT2D eigenvalue weighted by Gasteiger charge is 2.17. The summed E-state index contributed by atoms with van der Waals surface area (Å²) in [5.41, 5.74) is 0.441. The van der Waals surface area contributed by atoms with Gasteiger partial charge in [0.2, 0.25) is 5.91 Å². The van der Waals surface area contributed by atoms with Crippen LogP contribution >= 0.6 is 0 Å². The fourth-order valence-corrected chi connectivity index (χ4v) is 1.51. The molecule has 1 aromatic carbocycles. The number of anilines is 1. The Morgan fingerprint density at radius 2 is 1.94 bits per heavy atom. The van der Waals surface area contributed by atoms with Gasteiger partial charge in [-0.3, -0.25) is 4.79 Å². The second-order valence-corrected chi connectivity index (χ2v) is 3.43. The molecule has 86 valence electrons. The van der Waals surface area contributed by atoms with Gasteiger partial charge in [0.15, 0.2) is 5.69 Å². The van der Waals surface area contributed by atoms with E-state index < -0.39 is 5.97 Å². The number of carboxylic acids is 1. The van der Waals surface area contributed by atoms with Gasteiger partial charge >= 0.3 is 5.97 Å². The van der Waals surface area contributed by atoms with Crippen LogP contribution in [0.4, 0.5) is 5.69 Å². The average Bonchev–Trinajstić information content (AvgIpc) is 2.28.